The summed E-state index contributed by atoms with van der Waals surface area (Å²) in [4.78, 5) is 14.6. The lowest BCUT2D eigenvalue weighted by Gasteiger charge is -2.34. The van der Waals surface area contributed by atoms with Gasteiger partial charge in [-0.1, -0.05) is 0 Å². The van der Waals surface area contributed by atoms with Gasteiger partial charge in [0.25, 0.3) is 0 Å². The van der Waals surface area contributed by atoms with E-state index in [-0.39, 0.29) is 18.3 Å². The summed E-state index contributed by atoms with van der Waals surface area (Å²) in [5.41, 5.74) is 0. The third-order valence-electron chi connectivity index (χ3n) is 4.58. The van der Waals surface area contributed by atoms with Crippen molar-refractivity contribution in [3.8, 4) is 0 Å². The lowest BCUT2D eigenvalue weighted by molar-refractivity contribution is -0.137. The molecule has 0 aromatic rings. The average molecular weight is 305 g/mol. The summed E-state index contributed by atoms with van der Waals surface area (Å²) < 4.78 is 5.14. The van der Waals surface area contributed by atoms with E-state index < -0.39 is 0 Å². The zero-order valence-corrected chi connectivity index (χ0v) is 13.4. The molecule has 0 spiro atoms. The van der Waals surface area contributed by atoms with Crippen LogP contribution in [-0.4, -0.2) is 50.7 Å². The van der Waals surface area contributed by atoms with Crippen molar-refractivity contribution in [2.75, 3.05) is 39.9 Å². The summed E-state index contributed by atoms with van der Waals surface area (Å²) in [5, 5.41) is 3.38. The van der Waals surface area contributed by atoms with Gasteiger partial charge in [0.15, 0.2) is 0 Å². The van der Waals surface area contributed by atoms with Crippen LogP contribution in [-0.2, 0) is 9.53 Å². The molecule has 1 unspecified atom stereocenters. The zero-order valence-electron chi connectivity index (χ0n) is 12.6. The predicted octanol–water partition coefficient (Wildman–Crippen LogP) is 2.07. The maximum atomic E-state index is 12.5. The summed E-state index contributed by atoms with van der Waals surface area (Å²) in [7, 11) is 1.76. The Hall–Kier alpha value is -0.320. The van der Waals surface area contributed by atoms with Gasteiger partial charge in [0.1, 0.15) is 0 Å². The molecule has 1 N–H and O–H groups in total. The number of nitrogens with zero attached hydrogens (tertiary/aromatic N) is 1. The van der Waals surface area contributed by atoms with Crippen LogP contribution in [0.2, 0.25) is 0 Å². The summed E-state index contributed by atoms with van der Waals surface area (Å²) >= 11 is 0. The van der Waals surface area contributed by atoms with E-state index in [1.54, 1.807) is 7.11 Å². The smallest absolute Gasteiger partial charge is 0.225 e. The number of hydrogen-bond acceptors (Lipinski definition) is 3. The van der Waals surface area contributed by atoms with Crippen LogP contribution in [0.25, 0.3) is 0 Å². The maximum Gasteiger partial charge on any atom is 0.225 e. The second kappa shape index (κ2) is 9.59. The molecule has 2 rings (SSSR count). The minimum atomic E-state index is 0. The molecule has 0 aliphatic carbocycles. The fraction of sp³-hybridized carbons (Fsp3) is 0.933. The number of halogens is 1. The van der Waals surface area contributed by atoms with Crippen molar-refractivity contribution in [2.24, 2.45) is 11.8 Å². The average Bonchev–Trinajstić information content (AvgIpc) is 2.74. The molecule has 0 bridgehead atoms. The predicted molar refractivity (Wildman–Crippen MR) is 83.3 cm³/mol. The van der Waals surface area contributed by atoms with Crippen molar-refractivity contribution in [3.63, 3.8) is 0 Å². The standard InChI is InChI=1S/C15H28N2O2.ClH/c1-19-12-7-13-5-10-17(11-6-13)15(18)14-3-2-8-16-9-4-14;/h13-14,16H,2-12H2,1H3;1H. The van der Waals surface area contributed by atoms with Crippen LogP contribution in [0.3, 0.4) is 0 Å². The van der Waals surface area contributed by atoms with Crippen LogP contribution >= 0.6 is 12.4 Å². The Morgan fingerprint density at radius 1 is 1.20 bits per heavy atom. The molecular formula is C15H29ClN2O2. The minimum Gasteiger partial charge on any atom is -0.385 e. The van der Waals surface area contributed by atoms with Gasteiger partial charge in [0.05, 0.1) is 0 Å². The Kier molecular flexibility index (Phi) is 8.50. The normalized spacial score (nSPS) is 24.9. The van der Waals surface area contributed by atoms with E-state index in [0.29, 0.717) is 5.91 Å². The van der Waals surface area contributed by atoms with Crippen molar-refractivity contribution in [1.29, 1.82) is 0 Å². The highest BCUT2D eigenvalue weighted by Gasteiger charge is 2.28. The Morgan fingerprint density at radius 2 is 1.95 bits per heavy atom. The molecule has 1 amide bonds. The molecule has 0 saturated carbocycles. The number of hydrogen-bond donors (Lipinski definition) is 1. The van der Waals surface area contributed by atoms with E-state index in [1.165, 1.54) is 0 Å². The largest absolute Gasteiger partial charge is 0.385 e. The Morgan fingerprint density at radius 3 is 2.65 bits per heavy atom. The van der Waals surface area contributed by atoms with E-state index in [0.717, 1.165) is 77.2 Å². The lowest BCUT2D eigenvalue weighted by Crippen LogP contribution is -2.42. The van der Waals surface area contributed by atoms with Crippen molar-refractivity contribution < 1.29 is 9.53 Å². The third-order valence-corrected chi connectivity index (χ3v) is 4.58. The fourth-order valence-electron chi connectivity index (χ4n) is 3.25. The van der Waals surface area contributed by atoms with Gasteiger partial charge in [0, 0.05) is 32.7 Å². The second-order valence-corrected chi connectivity index (χ2v) is 5.93. The van der Waals surface area contributed by atoms with Crippen LogP contribution < -0.4 is 5.32 Å². The first-order valence-corrected chi connectivity index (χ1v) is 7.79. The highest BCUT2D eigenvalue weighted by Crippen LogP contribution is 2.24. The molecular weight excluding hydrogens is 276 g/mol. The fourth-order valence-corrected chi connectivity index (χ4v) is 3.25. The van der Waals surface area contributed by atoms with Gasteiger partial charge in [-0.2, -0.15) is 0 Å². The number of carbonyl (C=O) groups is 1. The van der Waals surface area contributed by atoms with Gasteiger partial charge >= 0.3 is 0 Å². The molecule has 2 saturated heterocycles. The van der Waals surface area contributed by atoms with E-state index >= 15 is 0 Å². The number of carbonyl (C=O) groups excluding carboxylic acids is 1. The number of likely N-dealkylation sites (tertiary alicyclic amines) is 1. The van der Waals surface area contributed by atoms with Crippen molar-refractivity contribution in [2.45, 2.75) is 38.5 Å². The quantitative estimate of drug-likeness (QED) is 0.864. The lowest BCUT2D eigenvalue weighted by atomic mass is 9.92. The van der Waals surface area contributed by atoms with E-state index in [2.05, 4.69) is 10.2 Å². The molecule has 0 aromatic carbocycles. The summed E-state index contributed by atoms with van der Waals surface area (Å²) in [6, 6.07) is 0. The molecule has 2 aliphatic rings. The highest BCUT2D eigenvalue weighted by molar-refractivity contribution is 5.85. The van der Waals surface area contributed by atoms with Gasteiger partial charge in [-0.05, 0) is 57.5 Å². The van der Waals surface area contributed by atoms with Gasteiger partial charge in [0.2, 0.25) is 5.91 Å². The molecule has 5 heteroatoms. The van der Waals surface area contributed by atoms with Crippen molar-refractivity contribution >= 4 is 18.3 Å². The van der Waals surface area contributed by atoms with E-state index in [1.807, 2.05) is 0 Å². The van der Waals surface area contributed by atoms with E-state index in [4.69, 9.17) is 4.74 Å². The summed E-state index contributed by atoms with van der Waals surface area (Å²) in [6.45, 7) is 4.84. The highest BCUT2D eigenvalue weighted by atomic mass is 35.5. The van der Waals surface area contributed by atoms with Gasteiger partial charge in [-0.3, -0.25) is 4.79 Å². The Labute approximate surface area is 129 Å². The molecule has 2 fully saturated rings. The number of amides is 1. The molecule has 118 valence electrons. The number of nitrogens with one attached hydrogen (secondary N) is 1. The van der Waals surface area contributed by atoms with Gasteiger partial charge < -0.3 is 15.0 Å². The minimum absolute atomic E-state index is 0. The molecule has 2 heterocycles. The maximum absolute atomic E-state index is 12.5. The van der Waals surface area contributed by atoms with Crippen molar-refractivity contribution in [3.05, 3.63) is 0 Å². The zero-order chi connectivity index (χ0) is 13.5. The second-order valence-electron chi connectivity index (χ2n) is 5.93. The number of methoxy groups -OCH3 is 1. The topological polar surface area (TPSA) is 41.6 Å². The van der Waals surface area contributed by atoms with Crippen LogP contribution in [0.5, 0.6) is 0 Å². The van der Waals surface area contributed by atoms with Crippen LogP contribution in [0.4, 0.5) is 0 Å². The van der Waals surface area contributed by atoms with Crippen molar-refractivity contribution in [1.82, 2.24) is 10.2 Å². The Balaban J connectivity index is 0.00000200. The third kappa shape index (κ3) is 5.23. The first kappa shape index (κ1) is 17.7. The molecule has 1 atom stereocenters. The van der Waals surface area contributed by atoms with Crippen LogP contribution in [0, 0.1) is 11.8 Å². The molecule has 20 heavy (non-hydrogen) atoms. The molecule has 4 nitrogen and oxygen atoms in total. The van der Waals surface area contributed by atoms with Gasteiger partial charge in [-0.15, -0.1) is 12.4 Å². The first-order valence-electron chi connectivity index (χ1n) is 7.79. The number of piperidine rings is 1. The van der Waals surface area contributed by atoms with E-state index in [9.17, 15) is 4.79 Å². The molecule has 0 aromatic heterocycles. The van der Waals surface area contributed by atoms with Crippen LogP contribution in [0.15, 0.2) is 0 Å². The number of rotatable bonds is 4. The Bertz CT molecular complexity index is 273. The van der Waals surface area contributed by atoms with Gasteiger partial charge in [-0.25, -0.2) is 0 Å². The number of ether oxygens (including phenoxy) is 1. The first-order chi connectivity index (χ1) is 9.31. The SMILES string of the molecule is COCCC1CCN(C(=O)C2CCCNCC2)CC1.Cl. The summed E-state index contributed by atoms with van der Waals surface area (Å²) in [6.07, 6.45) is 6.67. The van der Waals surface area contributed by atoms with Crippen LogP contribution in [0.1, 0.15) is 38.5 Å². The monoisotopic (exact) mass is 304 g/mol. The molecule has 0 radical (unpaired) electrons. The molecule has 2 aliphatic heterocycles. The summed E-state index contributed by atoms with van der Waals surface area (Å²) in [5.74, 6) is 1.43.